The Hall–Kier alpha value is -2.94. The summed E-state index contributed by atoms with van der Waals surface area (Å²) in [6.45, 7) is 12.7. The fourth-order valence-corrected chi connectivity index (χ4v) is 5.82. The van der Waals surface area contributed by atoms with Crippen LogP contribution in [0.2, 0.25) is 0 Å². The van der Waals surface area contributed by atoms with E-state index in [9.17, 15) is 9.59 Å². The number of nitrogens with one attached hydrogen (secondary N) is 2. The second-order valence-corrected chi connectivity index (χ2v) is 12.1. The van der Waals surface area contributed by atoms with Crippen LogP contribution in [-0.4, -0.2) is 68.2 Å². The van der Waals surface area contributed by atoms with E-state index in [1.165, 1.54) is 11.1 Å². The highest BCUT2D eigenvalue weighted by Gasteiger charge is 2.30. The third-order valence-corrected chi connectivity index (χ3v) is 8.07. The normalized spacial score (nSPS) is 21.5. The minimum Gasteiger partial charge on any atom is -0.490 e. The first-order chi connectivity index (χ1) is 19.7. The summed E-state index contributed by atoms with van der Waals surface area (Å²) >= 11 is 0. The van der Waals surface area contributed by atoms with Crippen LogP contribution in [0.15, 0.2) is 42.5 Å². The number of anilines is 1. The maximum Gasteiger partial charge on any atom is 0.246 e. The van der Waals surface area contributed by atoms with Gasteiger partial charge in [0.05, 0.1) is 12.7 Å². The Balaban J connectivity index is 1.23. The Morgan fingerprint density at radius 2 is 1.90 bits per heavy atom. The average Bonchev–Trinajstić information content (AvgIpc) is 2.94. The van der Waals surface area contributed by atoms with Crippen molar-refractivity contribution in [3.05, 3.63) is 59.2 Å². The largest absolute Gasteiger partial charge is 0.490 e. The lowest BCUT2D eigenvalue weighted by atomic mass is 9.86. The average molecular weight is 565 g/mol. The minimum atomic E-state index is -0.114. The van der Waals surface area contributed by atoms with Crippen LogP contribution in [0.5, 0.6) is 5.75 Å². The third kappa shape index (κ3) is 9.28. The van der Waals surface area contributed by atoms with Crippen LogP contribution < -0.4 is 20.3 Å². The molecule has 8 heteroatoms. The lowest BCUT2D eigenvalue weighted by Gasteiger charge is -2.32. The highest BCUT2D eigenvalue weighted by atomic mass is 16.5. The molecular weight excluding hydrogens is 516 g/mol. The van der Waals surface area contributed by atoms with E-state index in [-0.39, 0.29) is 36.5 Å². The van der Waals surface area contributed by atoms with Gasteiger partial charge in [-0.1, -0.05) is 18.2 Å². The van der Waals surface area contributed by atoms with Crippen LogP contribution in [0.1, 0.15) is 63.1 Å². The summed E-state index contributed by atoms with van der Waals surface area (Å²) in [4.78, 5) is 29.5. The number of hydrogen-bond donors (Lipinski definition) is 2. The molecule has 0 aromatic heterocycles. The summed E-state index contributed by atoms with van der Waals surface area (Å²) in [5.74, 6) is 0.888. The van der Waals surface area contributed by atoms with Gasteiger partial charge in [-0.2, -0.15) is 0 Å². The number of rotatable bonds is 11. The van der Waals surface area contributed by atoms with E-state index in [0.717, 1.165) is 68.9 Å². The van der Waals surface area contributed by atoms with Crippen molar-refractivity contribution >= 4 is 17.5 Å². The molecule has 4 rings (SSSR count). The smallest absolute Gasteiger partial charge is 0.246 e. The van der Waals surface area contributed by atoms with Gasteiger partial charge in [0, 0.05) is 56.9 Å². The molecule has 1 saturated carbocycles. The van der Waals surface area contributed by atoms with Crippen LogP contribution >= 0.6 is 0 Å². The highest BCUT2D eigenvalue weighted by molar-refractivity contribution is 5.94. The van der Waals surface area contributed by atoms with E-state index in [1.807, 2.05) is 50.1 Å². The van der Waals surface area contributed by atoms with Gasteiger partial charge in [-0.3, -0.25) is 14.5 Å². The second kappa shape index (κ2) is 14.8. The van der Waals surface area contributed by atoms with Gasteiger partial charge in [-0.05, 0) is 94.3 Å². The molecule has 0 spiro atoms. The molecule has 224 valence electrons. The van der Waals surface area contributed by atoms with E-state index in [1.54, 1.807) is 0 Å². The maximum absolute atomic E-state index is 13.4. The van der Waals surface area contributed by atoms with Crippen LogP contribution in [0.3, 0.4) is 0 Å². The fraction of sp³-hybridized carbons (Fsp3) is 0.576. The minimum absolute atomic E-state index is 0.0129. The fourth-order valence-electron chi connectivity index (χ4n) is 5.82. The zero-order valence-electron chi connectivity index (χ0n) is 25.4. The van der Waals surface area contributed by atoms with Crippen molar-refractivity contribution in [2.45, 2.75) is 84.7 Å². The number of ether oxygens (including phenoxy) is 2. The standard InChI is InChI=1S/C33H48N4O4/c1-23(2)35-32(38)22-40-21-26-7-6-8-31(18-26)41-30-13-10-27(11-14-30)33(39)36(5)29-12-9-28(24(3)17-29)20-37-16-15-34-25(4)19-37/h6-9,12,17-18,23,25,27,30,34H,10-11,13-16,19-22H2,1-5H3,(H,35,38)/t25-,27-,30-/m0/s1. The number of carbonyl (C=O) groups excluding carboxylic acids is 2. The molecule has 1 aliphatic carbocycles. The Morgan fingerprint density at radius 1 is 1.12 bits per heavy atom. The SMILES string of the molecule is Cc1cc(N(C)C(=O)[C@H]2CC[C@H](Oc3cccc(COCC(=O)NC(C)C)c3)CC2)ccc1CN1CCN[C@@H](C)C1. The van der Waals surface area contributed by atoms with Gasteiger partial charge in [0.25, 0.3) is 0 Å². The molecular formula is C33H48N4O4. The zero-order chi connectivity index (χ0) is 29.4. The van der Waals surface area contributed by atoms with Crippen molar-refractivity contribution in [2.75, 3.05) is 38.2 Å². The molecule has 41 heavy (non-hydrogen) atoms. The number of piperazine rings is 1. The molecule has 1 heterocycles. The lowest BCUT2D eigenvalue weighted by molar-refractivity contribution is -0.126. The predicted octanol–water partition coefficient (Wildman–Crippen LogP) is 4.43. The molecule has 2 aromatic carbocycles. The number of benzene rings is 2. The topological polar surface area (TPSA) is 83.1 Å². The Kier molecular flexibility index (Phi) is 11.2. The molecule has 2 amide bonds. The summed E-state index contributed by atoms with van der Waals surface area (Å²) in [5, 5.41) is 6.32. The predicted molar refractivity (Wildman–Crippen MR) is 163 cm³/mol. The number of nitrogens with zero attached hydrogens (tertiary/aromatic N) is 2. The van der Waals surface area contributed by atoms with Gasteiger partial charge in [0.1, 0.15) is 12.4 Å². The van der Waals surface area contributed by atoms with Gasteiger partial charge in [-0.25, -0.2) is 0 Å². The molecule has 8 nitrogen and oxygen atoms in total. The number of carbonyl (C=O) groups is 2. The van der Waals surface area contributed by atoms with Crippen LogP contribution in [0.25, 0.3) is 0 Å². The molecule has 0 bridgehead atoms. The maximum atomic E-state index is 13.4. The molecule has 2 N–H and O–H groups in total. The summed E-state index contributed by atoms with van der Waals surface area (Å²) in [6.07, 6.45) is 3.43. The molecule has 2 aliphatic rings. The van der Waals surface area contributed by atoms with E-state index in [4.69, 9.17) is 9.47 Å². The first-order valence-corrected chi connectivity index (χ1v) is 15.1. The highest BCUT2D eigenvalue weighted by Crippen LogP contribution is 2.31. The van der Waals surface area contributed by atoms with Gasteiger partial charge in [0.2, 0.25) is 11.8 Å². The molecule has 0 unspecified atom stereocenters. The van der Waals surface area contributed by atoms with Gasteiger partial charge < -0.3 is 25.0 Å². The van der Waals surface area contributed by atoms with Crippen LogP contribution in [-0.2, 0) is 27.5 Å². The molecule has 1 aliphatic heterocycles. The monoisotopic (exact) mass is 564 g/mol. The van der Waals surface area contributed by atoms with Crippen molar-refractivity contribution < 1.29 is 19.1 Å². The summed E-state index contributed by atoms with van der Waals surface area (Å²) in [6, 6.07) is 14.9. The third-order valence-electron chi connectivity index (χ3n) is 8.07. The molecule has 2 fully saturated rings. The first-order valence-electron chi connectivity index (χ1n) is 15.1. The zero-order valence-corrected chi connectivity index (χ0v) is 25.4. The molecule has 1 saturated heterocycles. The van der Waals surface area contributed by atoms with Crippen molar-refractivity contribution in [3.8, 4) is 5.75 Å². The Labute approximate surface area is 245 Å². The summed E-state index contributed by atoms with van der Waals surface area (Å²) in [5.41, 5.74) is 4.49. The van der Waals surface area contributed by atoms with E-state index < -0.39 is 0 Å². The van der Waals surface area contributed by atoms with Crippen molar-refractivity contribution in [3.63, 3.8) is 0 Å². The second-order valence-electron chi connectivity index (χ2n) is 12.1. The number of hydrogen-bond acceptors (Lipinski definition) is 6. The van der Waals surface area contributed by atoms with E-state index in [2.05, 4.69) is 47.6 Å². The summed E-state index contributed by atoms with van der Waals surface area (Å²) < 4.78 is 11.8. The lowest BCUT2D eigenvalue weighted by Crippen LogP contribution is -2.48. The van der Waals surface area contributed by atoms with Gasteiger partial charge >= 0.3 is 0 Å². The Bertz CT molecular complexity index is 1160. The molecule has 1 atom stereocenters. The van der Waals surface area contributed by atoms with Crippen LogP contribution in [0, 0.1) is 12.8 Å². The van der Waals surface area contributed by atoms with Gasteiger partial charge in [0.15, 0.2) is 0 Å². The van der Waals surface area contributed by atoms with E-state index in [0.29, 0.717) is 12.6 Å². The Morgan fingerprint density at radius 3 is 2.61 bits per heavy atom. The van der Waals surface area contributed by atoms with Crippen molar-refractivity contribution in [1.29, 1.82) is 0 Å². The van der Waals surface area contributed by atoms with Crippen molar-refractivity contribution in [1.82, 2.24) is 15.5 Å². The number of aryl methyl sites for hydroxylation is 1. The first kappa shape index (κ1) is 31.0. The number of amides is 2. The van der Waals surface area contributed by atoms with E-state index >= 15 is 0 Å². The molecule has 2 aromatic rings. The quantitative estimate of drug-likeness (QED) is 0.420. The van der Waals surface area contributed by atoms with Crippen molar-refractivity contribution in [2.24, 2.45) is 5.92 Å². The summed E-state index contributed by atoms with van der Waals surface area (Å²) in [7, 11) is 1.90. The van der Waals surface area contributed by atoms with Gasteiger partial charge in [-0.15, -0.1) is 0 Å². The van der Waals surface area contributed by atoms with Crippen LogP contribution in [0.4, 0.5) is 5.69 Å². The molecule has 0 radical (unpaired) electrons.